The second kappa shape index (κ2) is 7.88. The molecular formula is C14H14BrF2N3O2. The normalized spacial score (nSPS) is 10.6. The van der Waals surface area contributed by atoms with Gasteiger partial charge in [-0.3, -0.25) is 0 Å². The van der Waals surface area contributed by atoms with Gasteiger partial charge in [-0.25, -0.2) is 9.97 Å². The molecule has 0 aliphatic carbocycles. The number of nitrogens with one attached hydrogen (secondary N) is 1. The molecule has 22 heavy (non-hydrogen) atoms. The first kappa shape index (κ1) is 16.4. The van der Waals surface area contributed by atoms with E-state index in [0.717, 1.165) is 10.0 Å². The van der Waals surface area contributed by atoms with Crippen molar-refractivity contribution in [1.29, 1.82) is 0 Å². The first-order valence-corrected chi connectivity index (χ1v) is 7.29. The van der Waals surface area contributed by atoms with E-state index < -0.39 is 6.61 Å². The van der Waals surface area contributed by atoms with Crippen LogP contribution in [0.5, 0.6) is 11.5 Å². The highest BCUT2D eigenvalue weighted by atomic mass is 79.9. The predicted octanol–water partition coefficient (Wildman–Crippen LogP) is 3.85. The summed E-state index contributed by atoms with van der Waals surface area (Å²) >= 11 is 3.25. The Labute approximate surface area is 134 Å². The molecular weight excluding hydrogens is 360 g/mol. The maximum atomic E-state index is 12.3. The van der Waals surface area contributed by atoms with Crippen LogP contribution in [-0.2, 0) is 6.54 Å². The molecule has 0 unspecified atom stereocenters. The quantitative estimate of drug-likeness (QED) is 0.798. The first-order chi connectivity index (χ1) is 10.6. The summed E-state index contributed by atoms with van der Waals surface area (Å²) in [5.41, 5.74) is 0.830. The maximum absolute atomic E-state index is 12.3. The molecule has 0 fully saturated rings. The molecule has 0 spiro atoms. The van der Waals surface area contributed by atoms with Crippen LogP contribution >= 0.6 is 15.9 Å². The van der Waals surface area contributed by atoms with Crippen LogP contribution in [0.15, 0.2) is 35.1 Å². The zero-order valence-electron chi connectivity index (χ0n) is 11.7. The summed E-state index contributed by atoms with van der Waals surface area (Å²) in [5.74, 6) is 0.758. The van der Waals surface area contributed by atoms with Crippen LogP contribution in [0.2, 0.25) is 0 Å². The minimum absolute atomic E-state index is 0.0143. The second-order valence-corrected chi connectivity index (χ2v) is 5.09. The van der Waals surface area contributed by atoms with Crippen molar-refractivity contribution in [2.75, 3.05) is 11.9 Å². The number of halogens is 3. The summed E-state index contributed by atoms with van der Waals surface area (Å²) in [6.07, 6.45) is 3.25. The van der Waals surface area contributed by atoms with Gasteiger partial charge in [0.1, 0.15) is 0 Å². The monoisotopic (exact) mass is 373 g/mol. The number of hydrogen-bond donors (Lipinski definition) is 1. The second-order valence-electron chi connectivity index (χ2n) is 4.17. The van der Waals surface area contributed by atoms with Gasteiger partial charge in [-0.15, -0.1) is 0 Å². The molecule has 0 saturated heterocycles. The molecule has 0 amide bonds. The van der Waals surface area contributed by atoms with Crippen LogP contribution < -0.4 is 14.8 Å². The Hall–Kier alpha value is -1.96. The van der Waals surface area contributed by atoms with Crippen LogP contribution in [0.1, 0.15) is 12.5 Å². The molecule has 2 rings (SSSR count). The zero-order valence-corrected chi connectivity index (χ0v) is 13.3. The van der Waals surface area contributed by atoms with E-state index in [1.54, 1.807) is 31.5 Å². The third-order valence-electron chi connectivity index (χ3n) is 2.59. The lowest BCUT2D eigenvalue weighted by Crippen LogP contribution is -2.06. The van der Waals surface area contributed by atoms with E-state index in [0.29, 0.717) is 19.1 Å². The molecule has 0 bridgehead atoms. The Morgan fingerprint density at radius 1 is 1.23 bits per heavy atom. The van der Waals surface area contributed by atoms with Gasteiger partial charge in [-0.2, -0.15) is 8.78 Å². The fraction of sp³-hybridized carbons (Fsp3) is 0.286. The third kappa shape index (κ3) is 4.80. The minimum atomic E-state index is -2.89. The van der Waals surface area contributed by atoms with Crippen molar-refractivity contribution in [2.45, 2.75) is 20.1 Å². The SMILES string of the molecule is CCOc1cc(CNc2ncc(Br)cn2)ccc1OC(F)F. The van der Waals surface area contributed by atoms with Gasteiger partial charge in [0.05, 0.1) is 11.1 Å². The number of alkyl halides is 2. The minimum Gasteiger partial charge on any atom is -0.490 e. The number of hydrogen-bond acceptors (Lipinski definition) is 5. The van der Waals surface area contributed by atoms with Gasteiger partial charge in [0.2, 0.25) is 5.95 Å². The van der Waals surface area contributed by atoms with Gasteiger partial charge in [-0.1, -0.05) is 6.07 Å². The Balaban J connectivity index is 2.07. The molecule has 1 aromatic heterocycles. The highest BCUT2D eigenvalue weighted by molar-refractivity contribution is 9.10. The van der Waals surface area contributed by atoms with Crippen molar-refractivity contribution in [3.8, 4) is 11.5 Å². The molecule has 0 radical (unpaired) electrons. The number of rotatable bonds is 7. The van der Waals surface area contributed by atoms with E-state index in [1.165, 1.54) is 6.07 Å². The van der Waals surface area contributed by atoms with Crippen molar-refractivity contribution >= 4 is 21.9 Å². The Kier molecular flexibility index (Phi) is 5.88. The molecule has 8 heteroatoms. The fourth-order valence-corrected chi connectivity index (χ4v) is 1.91. The van der Waals surface area contributed by atoms with Crippen LogP contribution in [-0.4, -0.2) is 23.2 Å². The van der Waals surface area contributed by atoms with Crippen molar-refractivity contribution in [3.05, 3.63) is 40.6 Å². The first-order valence-electron chi connectivity index (χ1n) is 6.50. The number of benzene rings is 1. The van der Waals surface area contributed by atoms with Gasteiger partial charge < -0.3 is 14.8 Å². The zero-order chi connectivity index (χ0) is 15.9. The highest BCUT2D eigenvalue weighted by Gasteiger charge is 2.11. The van der Waals surface area contributed by atoms with E-state index in [4.69, 9.17) is 4.74 Å². The van der Waals surface area contributed by atoms with Crippen LogP contribution in [0.25, 0.3) is 0 Å². The Morgan fingerprint density at radius 3 is 2.59 bits per heavy atom. The summed E-state index contributed by atoms with van der Waals surface area (Å²) in [6, 6.07) is 4.77. The van der Waals surface area contributed by atoms with E-state index in [9.17, 15) is 8.78 Å². The van der Waals surface area contributed by atoms with Gasteiger partial charge in [-0.05, 0) is 40.5 Å². The molecule has 118 valence electrons. The number of anilines is 1. The topological polar surface area (TPSA) is 56.3 Å². The molecule has 5 nitrogen and oxygen atoms in total. The molecule has 1 N–H and O–H groups in total. The van der Waals surface area contributed by atoms with Crippen molar-refractivity contribution in [2.24, 2.45) is 0 Å². The smallest absolute Gasteiger partial charge is 0.387 e. The number of ether oxygens (including phenoxy) is 2. The van der Waals surface area contributed by atoms with Crippen LogP contribution in [0, 0.1) is 0 Å². The van der Waals surface area contributed by atoms with E-state index in [-0.39, 0.29) is 11.5 Å². The summed E-state index contributed by atoms with van der Waals surface area (Å²) in [4.78, 5) is 8.17. The average molecular weight is 374 g/mol. The van der Waals surface area contributed by atoms with Crippen molar-refractivity contribution in [3.63, 3.8) is 0 Å². The van der Waals surface area contributed by atoms with Gasteiger partial charge in [0, 0.05) is 18.9 Å². The highest BCUT2D eigenvalue weighted by Crippen LogP contribution is 2.30. The standard InChI is InChI=1S/C14H14BrF2N3O2/c1-2-21-12-5-9(3-4-11(12)22-13(16)17)6-18-14-19-7-10(15)8-20-14/h3-5,7-8,13H,2,6H2,1H3,(H,18,19,20). The average Bonchev–Trinajstić information content (AvgIpc) is 2.49. The molecule has 0 aliphatic heterocycles. The van der Waals surface area contributed by atoms with Crippen molar-refractivity contribution in [1.82, 2.24) is 9.97 Å². The van der Waals surface area contributed by atoms with E-state index in [2.05, 4.69) is 36.0 Å². The molecule has 1 heterocycles. The lowest BCUT2D eigenvalue weighted by molar-refractivity contribution is -0.0514. The molecule has 0 atom stereocenters. The Morgan fingerprint density at radius 2 is 1.95 bits per heavy atom. The van der Waals surface area contributed by atoms with Gasteiger partial charge in [0.25, 0.3) is 0 Å². The lowest BCUT2D eigenvalue weighted by Gasteiger charge is -2.13. The lowest BCUT2D eigenvalue weighted by atomic mass is 10.2. The molecule has 1 aromatic carbocycles. The largest absolute Gasteiger partial charge is 0.490 e. The van der Waals surface area contributed by atoms with E-state index >= 15 is 0 Å². The summed E-state index contributed by atoms with van der Waals surface area (Å²) in [6.45, 7) is -0.338. The predicted molar refractivity (Wildman–Crippen MR) is 81.3 cm³/mol. The summed E-state index contributed by atoms with van der Waals surface area (Å²) < 4.78 is 35.2. The summed E-state index contributed by atoms with van der Waals surface area (Å²) in [5, 5.41) is 3.03. The Bertz CT molecular complexity index is 612. The third-order valence-corrected chi connectivity index (χ3v) is 3.00. The van der Waals surface area contributed by atoms with E-state index in [1.807, 2.05) is 0 Å². The number of aromatic nitrogens is 2. The molecule has 0 saturated carbocycles. The molecule has 2 aromatic rings. The van der Waals surface area contributed by atoms with Gasteiger partial charge >= 0.3 is 6.61 Å². The molecule has 0 aliphatic rings. The summed E-state index contributed by atoms with van der Waals surface area (Å²) in [7, 11) is 0. The van der Waals surface area contributed by atoms with Crippen LogP contribution in [0.3, 0.4) is 0 Å². The number of nitrogens with zero attached hydrogens (tertiary/aromatic N) is 2. The maximum Gasteiger partial charge on any atom is 0.387 e. The van der Waals surface area contributed by atoms with Crippen LogP contribution in [0.4, 0.5) is 14.7 Å². The van der Waals surface area contributed by atoms with Crippen molar-refractivity contribution < 1.29 is 18.3 Å². The van der Waals surface area contributed by atoms with Gasteiger partial charge in [0.15, 0.2) is 11.5 Å². The fourth-order valence-electron chi connectivity index (χ4n) is 1.71.